The number of rotatable bonds is 9. The molecular weight excluding hydrogens is 390 g/mol. The largest absolute Gasteiger partial charge is 0.486 e. The second-order valence-electron chi connectivity index (χ2n) is 7.64. The van der Waals surface area contributed by atoms with Crippen molar-refractivity contribution in [2.45, 2.75) is 13.0 Å². The van der Waals surface area contributed by atoms with E-state index in [1.165, 1.54) is 5.69 Å². The van der Waals surface area contributed by atoms with E-state index >= 15 is 0 Å². The normalized spacial score (nSPS) is 14.4. The zero-order valence-electron chi connectivity index (χ0n) is 17.7. The van der Waals surface area contributed by atoms with Crippen LogP contribution in [0.3, 0.4) is 0 Å². The van der Waals surface area contributed by atoms with Gasteiger partial charge in [0.25, 0.3) is 5.91 Å². The summed E-state index contributed by atoms with van der Waals surface area (Å²) in [4.78, 5) is 17.2. The van der Waals surface area contributed by atoms with Crippen molar-refractivity contribution in [3.05, 3.63) is 84.3 Å². The third-order valence-electron chi connectivity index (χ3n) is 5.44. The van der Waals surface area contributed by atoms with Crippen LogP contribution in [0, 0.1) is 0 Å². The summed E-state index contributed by atoms with van der Waals surface area (Å²) in [5.74, 6) is 1.54. The van der Waals surface area contributed by atoms with Gasteiger partial charge in [-0.05, 0) is 49.4 Å². The number of benzene rings is 2. The molecule has 0 bridgehead atoms. The predicted octanol–water partition coefficient (Wildman–Crippen LogP) is 3.80. The molecule has 4 rings (SSSR count). The fourth-order valence-electron chi connectivity index (χ4n) is 3.71. The molecule has 6 nitrogen and oxygen atoms in total. The lowest BCUT2D eigenvalue weighted by atomic mass is 10.2. The van der Waals surface area contributed by atoms with Crippen LogP contribution in [0.1, 0.15) is 22.7 Å². The molecule has 2 aromatic carbocycles. The van der Waals surface area contributed by atoms with Crippen LogP contribution < -0.4 is 15.0 Å². The molecule has 1 aromatic heterocycles. The summed E-state index contributed by atoms with van der Waals surface area (Å²) in [6, 6.07) is 23.6. The number of amides is 1. The molecular formula is C25H29N3O3. The van der Waals surface area contributed by atoms with E-state index < -0.39 is 0 Å². The van der Waals surface area contributed by atoms with E-state index in [-0.39, 0.29) is 5.91 Å². The molecule has 162 valence electrons. The number of anilines is 1. The Kier molecular flexibility index (Phi) is 7.24. The number of piperazine rings is 1. The Labute approximate surface area is 183 Å². The molecule has 1 fully saturated rings. The molecule has 1 aliphatic heterocycles. The lowest BCUT2D eigenvalue weighted by Crippen LogP contribution is -2.47. The molecule has 0 spiro atoms. The predicted molar refractivity (Wildman–Crippen MR) is 122 cm³/mol. The van der Waals surface area contributed by atoms with Crippen LogP contribution in [-0.4, -0.2) is 50.1 Å². The standard InChI is InChI=1S/C25H29N3O3/c29-25(24-13-12-23(31-24)20-30-22-10-5-2-6-11-22)26-14-7-15-27-16-18-28(19-17-27)21-8-3-1-4-9-21/h1-6,8-13H,7,14-20H2,(H,26,29). The number of furan rings is 1. The first-order valence-electron chi connectivity index (χ1n) is 10.8. The molecule has 1 saturated heterocycles. The Morgan fingerprint density at radius 1 is 0.903 bits per heavy atom. The van der Waals surface area contributed by atoms with Gasteiger partial charge in [0, 0.05) is 38.4 Å². The molecule has 0 unspecified atom stereocenters. The molecule has 1 aliphatic rings. The number of para-hydroxylation sites is 2. The summed E-state index contributed by atoms with van der Waals surface area (Å²) in [6.45, 7) is 6.09. The van der Waals surface area contributed by atoms with Gasteiger partial charge >= 0.3 is 0 Å². The van der Waals surface area contributed by atoms with Gasteiger partial charge in [-0.2, -0.15) is 0 Å². The fraction of sp³-hybridized carbons (Fsp3) is 0.320. The lowest BCUT2D eigenvalue weighted by Gasteiger charge is -2.36. The third kappa shape index (κ3) is 6.12. The number of nitrogens with one attached hydrogen (secondary N) is 1. The maximum Gasteiger partial charge on any atom is 0.286 e. The SMILES string of the molecule is O=C(NCCCN1CCN(c2ccccc2)CC1)c1ccc(COc2ccccc2)o1. The van der Waals surface area contributed by atoms with Crippen molar-refractivity contribution in [3.8, 4) is 5.75 Å². The van der Waals surface area contributed by atoms with E-state index in [1.807, 2.05) is 30.3 Å². The summed E-state index contributed by atoms with van der Waals surface area (Å²) >= 11 is 0. The smallest absolute Gasteiger partial charge is 0.286 e. The molecule has 6 heteroatoms. The van der Waals surface area contributed by atoms with E-state index in [0.29, 0.717) is 24.7 Å². The van der Waals surface area contributed by atoms with Gasteiger partial charge in [-0.25, -0.2) is 0 Å². The number of carbonyl (C=O) groups is 1. The Hall–Kier alpha value is -3.25. The second kappa shape index (κ2) is 10.7. The van der Waals surface area contributed by atoms with Crippen LogP contribution in [0.5, 0.6) is 5.75 Å². The zero-order valence-corrected chi connectivity index (χ0v) is 17.7. The highest BCUT2D eigenvalue weighted by atomic mass is 16.5. The van der Waals surface area contributed by atoms with Crippen LogP contribution >= 0.6 is 0 Å². The molecule has 0 saturated carbocycles. The highest BCUT2D eigenvalue weighted by Crippen LogP contribution is 2.16. The van der Waals surface area contributed by atoms with Crippen molar-refractivity contribution in [1.82, 2.24) is 10.2 Å². The van der Waals surface area contributed by atoms with Crippen molar-refractivity contribution in [2.75, 3.05) is 44.2 Å². The summed E-state index contributed by atoms with van der Waals surface area (Å²) < 4.78 is 11.3. The van der Waals surface area contributed by atoms with Crippen molar-refractivity contribution >= 4 is 11.6 Å². The highest BCUT2D eigenvalue weighted by molar-refractivity contribution is 5.91. The molecule has 1 N–H and O–H groups in total. The van der Waals surface area contributed by atoms with Gasteiger partial charge in [0.2, 0.25) is 0 Å². The van der Waals surface area contributed by atoms with Crippen molar-refractivity contribution in [1.29, 1.82) is 0 Å². The average Bonchev–Trinajstić information content (AvgIpc) is 3.31. The molecule has 0 aliphatic carbocycles. The molecule has 3 aromatic rings. The summed E-state index contributed by atoms with van der Waals surface area (Å²) in [7, 11) is 0. The number of nitrogens with zero attached hydrogens (tertiary/aromatic N) is 2. The van der Waals surface area contributed by atoms with Gasteiger partial charge in [0.05, 0.1) is 0 Å². The van der Waals surface area contributed by atoms with Gasteiger partial charge < -0.3 is 19.4 Å². The Morgan fingerprint density at radius 2 is 1.61 bits per heavy atom. The number of hydrogen-bond donors (Lipinski definition) is 1. The topological polar surface area (TPSA) is 58.0 Å². The van der Waals surface area contributed by atoms with Gasteiger partial charge in [-0.1, -0.05) is 36.4 Å². The monoisotopic (exact) mass is 419 g/mol. The minimum atomic E-state index is -0.181. The minimum Gasteiger partial charge on any atom is -0.486 e. The fourth-order valence-corrected chi connectivity index (χ4v) is 3.71. The quantitative estimate of drug-likeness (QED) is 0.535. The van der Waals surface area contributed by atoms with Crippen LogP contribution in [0.25, 0.3) is 0 Å². The first kappa shape index (κ1) is 21.0. The number of hydrogen-bond acceptors (Lipinski definition) is 5. The third-order valence-corrected chi connectivity index (χ3v) is 5.44. The molecule has 2 heterocycles. The van der Waals surface area contributed by atoms with Crippen LogP contribution in [0.15, 0.2) is 77.2 Å². The molecule has 1 amide bonds. The van der Waals surface area contributed by atoms with E-state index in [9.17, 15) is 4.79 Å². The Balaban J connectivity index is 1.12. The Morgan fingerprint density at radius 3 is 2.35 bits per heavy atom. The van der Waals surface area contributed by atoms with Crippen LogP contribution in [-0.2, 0) is 6.61 Å². The van der Waals surface area contributed by atoms with Gasteiger partial charge in [-0.3, -0.25) is 9.69 Å². The first-order valence-corrected chi connectivity index (χ1v) is 10.8. The number of ether oxygens (including phenoxy) is 1. The maximum absolute atomic E-state index is 12.3. The summed E-state index contributed by atoms with van der Waals surface area (Å²) in [5, 5.41) is 2.95. The van der Waals surface area contributed by atoms with Crippen molar-refractivity contribution < 1.29 is 13.9 Å². The second-order valence-corrected chi connectivity index (χ2v) is 7.64. The van der Waals surface area contributed by atoms with E-state index in [0.717, 1.165) is 44.9 Å². The maximum atomic E-state index is 12.3. The van der Waals surface area contributed by atoms with Gasteiger partial charge in [0.1, 0.15) is 18.1 Å². The average molecular weight is 420 g/mol. The van der Waals surface area contributed by atoms with Crippen LogP contribution in [0.2, 0.25) is 0 Å². The highest BCUT2D eigenvalue weighted by Gasteiger charge is 2.17. The molecule has 31 heavy (non-hydrogen) atoms. The number of carbonyl (C=O) groups excluding carboxylic acids is 1. The van der Waals surface area contributed by atoms with Crippen LogP contribution in [0.4, 0.5) is 5.69 Å². The van der Waals surface area contributed by atoms with E-state index in [2.05, 4.69) is 45.4 Å². The van der Waals surface area contributed by atoms with Crippen molar-refractivity contribution in [2.24, 2.45) is 0 Å². The van der Waals surface area contributed by atoms with E-state index in [4.69, 9.17) is 9.15 Å². The van der Waals surface area contributed by atoms with Gasteiger partial charge in [-0.15, -0.1) is 0 Å². The molecule has 0 radical (unpaired) electrons. The molecule has 0 atom stereocenters. The van der Waals surface area contributed by atoms with Crippen molar-refractivity contribution in [3.63, 3.8) is 0 Å². The summed E-state index contributed by atoms with van der Waals surface area (Å²) in [6.07, 6.45) is 0.918. The lowest BCUT2D eigenvalue weighted by molar-refractivity contribution is 0.0919. The van der Waals surface area contributed by atoms with Gasteiger partial charge in [0.15, 0.2) is 5.76 Å². The Bertz CT molecular complexity index is 935. The van der Waals surface area contributed by atoms with E-state index in [1.54, 1.807) is 12.1 Å². The minimum absolute atomic E-state index is 0.181. The zero-order chi connectivity index (χ0) is 21.3. The first-order chi connectivity index (χ1) is 15.3. The summed E-state index contributed by atoms with van der Waals surface area (Å²) in [5.41, 5.74) is 1.29.